The summed E-state index contributed by atoms with van der Waals surface area (Å²) in [5.41, 5.74) is 4.61. The molecule has 0 aromatic rings. The Morgan fingerprint density at radius 1 is 0.792 bits per heavy atom. The fraction of sp³-hybridized carbons (Fsp3) is 0.800. The molecule has 0 aromatic carbocycles. The Labute approximate surface area is 170 Å². The van der Waals surface area contributed by atoms with E-state index in [9.17, 15) is 0 Å². The van der Waals surface area contributed by atoms with Crippen molar-refractivity contribution in [2.75, 3.05) is 14.2 Å². The molecule has 0 spiro atoms. The second-order valence-electron chi connectivity index (χ2n) is 8.08. The molecule has 24 heavy (non-hydrogen) atoms. The van der Waals surface area contributed by atoms with Gasteiger partial charge in [0.05, 0.1) is 0 Å². The van der Waals surface area contributed by atoms with Crippen molar-refractivity contribution in [1.82, 2.24) is 0 Å². The molecule has 0 amide bonds. The van der Waals surface area contributed by atoms with Crippen LogP contribution in [0.4, 0.5) is 0 Å². The van der Waals surface area contributed by atoms with E-state index in [-0.39, 0.29) is 42.3 Å². The predicted molar refractivity (Wildman–Crippen MR) is 99.3 cm³/mol. The fourth-order valence-corrected chi connectivity index (χ4v) is 2.41. The van der Waals surface area contributed by atoms with Gasteiger partial charge in [-0.3, -0.25) is 6.08 Å². The zero-order valence-corrected chi connectivity index (χ0v) is 21.9. The van der Waals surface area contributed by atoms with Crippen LogP contribution in [-0.2, 0) is 25.8 Å². The van der Waals surface area contributed by atoms with Crippen molar-refractivity contribution in [3.63, 3.8) is 0 Å². The third-order valence-corrected chi connectivity index (χ3v) is 3.23. The largest absolute Gasteiger partial charge is 4.00 e. The molecule has 1 aliphatic carbocycles. The van der Waals surface area contributed by atoms with Crippen molar-refractivity contribution in [3.8, 4) is 0 Å². The maximum atomic E-state index is 8.25. The molecule has 0 fully saturated rings. The average molecular weight is 504 g/mol. The molecule has 140 valence electrons. The van der Waals surface area contributed by atoms with Crippen molar-refractivity contribution in [3.05, 3.63) is 28.1 Å². The molecule has 0 saturated carbocycles. The van der Waals surface area contributed by atoms with E-state index in [0.29, 0.717) is 0 Å². The van der Waals surface area contributed by atoms with Gasteiger partial charge in [-0.05, 0) is 0 Å². The van der Waals surface area contributed by atoms with Gasteiger partial charge in [-0.2, -0.15) is 25.4 Å². The molecule has 0 aliphatic heterocycles. The first-order valence-corrected chi connectivity index (χ1v) is 8.01. The van der Waals surface area contributed by atoms with Crippen molar-refractivity contribution < 1.29 is 36.1 Å². The summed E-state index contributed by atoms with van der Waals surface area (Å²) in [7, 11) is 1.50. The molecule has 0 unspecified atom stereocenters. The van der Waals surface area contributed by atoms with E-state index in [1.165, 1.54) is 16.7 Å². The molecular weight excluding hydrogens is 465 g/mol. The first-order valence-electron chi connectivity index (χ1n) is 8.01. The molecule has 1 aliphatic rings. The van der Waals surface area contributed by atoms with Crippen LogP contribution in [0.1, 0.15) is 76.2 Å². The summed E-state index contributed by atoms with van der Waals surface area (Å²) >= 11 is 0. The molecule has 4 heteroatoms. The first kappa shape index (κ1) is 31.9. The van der Waals surface area contributed by atoms with E-state index >= 15 is 0 Å². The zero-order valence-electron chi connectivity index (χ0n) is 18.3. The number of hydrogen-bond acceptors (Lipinski definition) is 2. The molecule has 3 nitrogen and oxygen atoms in total. The third kappa shape index (κ3) is 15.7. The third-order valence-electron chi connectivity index (χ3n) is 3.23. The van der Waals surface area contributed by atoms with E-state index in [1.807, 2.05) is 0 Å². The van der Waals surface area contributed by atoms with Crippen LogP contribution in [0, 0.1) is 11.5 Å². The van der Waals surface area contributed by atoms with Crippen LogP contribution in [0.3, 0.4) is 0 Å². The van der Waals surface area contributed by atoms with Crippen LogP contribution < -0.4 is 10.2 Å². The summed E-state index contributed by atoms with van der Waals surface area (Å²) in [6.07, 6.45) is 3.44. The Hall–Kier alpha value is 0.230. The van der Waals surface area contributed by atoms with Crippen LogP contribution in [0.15, 0.2) is 16.7 Å². The maximum Gasteiger partial charge on any atom is 4.00 e. The number of rotatable bonds is 0. The smallest absolute Gasteiger partial charge is 0.857 e. The topological polar surface area (TPSA) is 60.2 Å². The molecule has 0 aromatic heterocycles. The summed E-state index contributed by atoms with van der Waals surface area (Å²) in [5, 5.41) is 21.0. The normalized spacial score (nSPS) is 15.5. The quantitative estimate of drug-likeness (QED) is 0.370. The van der Waals surface area contributed by atoms with E-state index in [2.05, 4.69) is 87.6 Å². The van der Waals surface area contributed by atoms with Crippen LogP contribution >= 0.6 is 0 Å². The molecule has 0 N–H and O–H groups in total. The Kier molecular flexibility index (Phi) is 17.9. The summed E-state index contributed by atoms with van der Waals surface area (Å²) in [6.45, 7) is 23.7. The van der Waals surface area contributed by atoms with Gasteiger partial charge in [0.15, 0.2) is 0 Å². The monoisotopic (exact) mass is 505 g/mol. The van der Waals surface area contributed by atoms with Gasteiger partial charge in [0.2, 0.25) is 0 Å². The Bertz CT molecular complexity index is 371. The van der Waals surface area contributed by atoms with Crippen LogP contribution in [0.2, 0.25) is 0 Å². The van der Waals surface area contributed by atoms with Gasteiger partial charge >= 0.3 is 25.8 Å². The van der Waals surface area contributed by atoms with Gasteiger partial charge in [-0.15, -0.1) is 18.0 Å². The van der Waals surface area contributed by atoms with Crippen LogP contribution in [-0.4, -0.2) is 25.3 Å². The van der Waals surface area contributed by atoms with Crippen molar-refractivity contribution >= 4 is 0 Å². The zero-order chi connectivity index (χ0) is 19.6. The van der Waals surface area contributed by atoms with Crippen molar-refractivity contribution in [2.24, 2.45) is 5.41 Å². The minimum absolute atomic E-state index is 0. The van der Waals surface area contributed by atoms with Crippen LogP contribution in [0.5, 0.6) is 0 Å². The maximum absolute atomic E-state index is 8.25. The summed E-state index contributed by atoms with van der Waals surface area (Å²) in [6, 6.07) is 0. The minimum atomic E-state index is 0. The van der Waals surface area contributed by atoms with Crippen LogP contribution in [0.25, 0.3) is 5.32 Å². The molecule has 0 radical (unpaired) electrons. The molecular formula is C20H39HfNO2. The standard InChI is InChI=1S/C10H15.C8H18N.2CH3O.Hf/c1-7-6-10(4,5)9(3)8(7)2;1-7(2,3)9-8(4,5)6;2*1-2;/h1-5H3;1-6H3;2*1H3;/q4*-1;+4. The molecule has 0 heterocycles. The molecule has 0 saturated heterocycles. The van der Waals surface area contributed by atoms with E-state index in [1.54, 1.807) is 0 Å². The van der Waals surface area contributed by atoms with Gasteiger partial charge in [0, 0.05) is 0 Å². The van der Waals surface area contributed by atoms with Gasteiger partial charge in [-0.1, -0.05) is 74.7 Å². The van der Waals surface area contributed by atoms with E-state index < -0.39 is 0 Å². The first-order chi connectivity index (χ1) is 10.2. The van der Waals surface area contributed by atoms with E-state index in [4.69, 9.17) is 10.2 Å². The molecule has 1 rings (SSSR count). The second kappa shape index (κ2) is 13.4. The van der Waals surface area contributed by atoms with Gasteiger partial charge in [-0.25, -0.2) is 5.57 Å². The van der Waals surface area contributed by atoms with Crippen molar-refractivity contribution in [2.45, 2.75) is 87.2 Å². The van der Waals surface area contributed by atoms with Crippen molar-refractivity contribution in [1.29, 1.82) is 0 Å². The number of hydrogen-bond donors (Lipinski definition) is 0. The molecule has 0 bridgehead atoms. The summed E-state index contributed by atoms with van der Waals surface area (Å²) in [5.74, 6) is 0. The number of nitrogens with zero attached hydrogens (tertiary/aromatic N) is 1. The minimum Gasteiger partial charge on any atom is -0.857 e. The summed E-state index contributed by atoms with van der Waals surface area (Å²) < 4.78 is 0. The predicted octanol–water partition coefficient (Wildman–Crippen LogP) is 4.02. The SMILES string of the molecule is CC(C)(C)[N-]C(C)(C)C.CC1=[C-]C(C)(C)C(C)=C1C.C[O-].C[O-].[Hf+4]. The number of allylic oxidation sites excluding steroid dienone is 4. The Morgan fingerprint density at radius 2 is 1.08 bits per heavy atom. The van der Waals surface area contributed by atoms with Gasteiger partial charge < -0.3 is 15.5 Å². The van der Waals surface area contributed by atoms with E-state index in [0.717, 1.165) is 14.2 Å². The van der Waals surface area contributed by atoms with Gasteiger partial charge in [0.1, 0.15) is 0 Å². The molecule has 0 atom stereocenters. The Balaban J connectivity index is -0.000000134. The van der Waals surface area contributed by atoms with Gasteiger partial charge in [0.25, 0.3) is 0 Å². The summed E-state index contributed by atoms with van der Waals surface area (Å²) in [4.78, 5) is 0. The fourth-order valence-electron chi connectivity index (χ4n) is 2.41. The second-order valence-corrected chi connectivity index (χ2v) is 8.08. The average Bonchev–Trinajstić information content (AvgIpc) is 2.53. The Morgan fingerprint density at radius 3 is 1.12 bits per heavy atom.